The molecule has 0 spiro atoms. The van der Waals surface area contributed by atoms with Gasteiger partial charge in [-0.05, 0) is 74.6 Å². The highest BCUT2D eigenvalue weighted by atomic mass is 16.5. The number of ether oxygens (including phenoxy) is 2. The van der Waals surface area contributed by atoms with Gasteiger partial charge in [0.15, 0.2) is 11.9 Å². The number of fused-ring (bicyclic) bond motifs is 1. The molecular formula is C28H32N2O2. The number of hydrogen-bond acceptors (Lipinski definition) is 3. The van der Waals surface area contributed by atoms with Gasteiger partial charge in [0.05, 0.1) is 17.6 Å². The Morgan fingerprint density at radius 2 is 1.72 bits per heavy atom. The molecule has 4 heteroatoms. The zero-order valence-electron chi connectivity index (χ0n) is 19.3. The highest BCUT2D eigenvalue weighted by Crippen LogP contribution is 2.28. The van der Waals surface area contributed by atoms with E-state index in [1.807, 2.05) is 36.4 Å². The second-order valence-electron chi connectivity index (χ2n) is 8.26. The summed E-state index contributed by atoms with van der Waals surface area (Å²) >= 11 is 0. The van der Waals surface area contributed by atoms with Crippen molar-refractivity contribution in [3.8, 4) is 11.5 Å². The minimum absolute atomic E-state index is 0.0904. The number of imidazole rings is 1. The summed E-state index contributed by atoms with van der Waals surface area (Å²) in [5, 5.41) is 0. The van der Waals surface area contributed by atoms with Crippen LogP contribution in [0, 0.1) is 13.8 Å². The van der Waals surface area contributed by atoms with Crippen molar-refractivity contribution >= 4 is 11.0 Å². The average Bonchev–Trinajstić information content (AvgIpc) is 3.17. The van der Waals surface area contributed by atoms with Crippen molar-refractivity contribution < 1.29 is 9.47 Å². The van der Waals surface area contributed by atoms with Gasteiger partial charge in [-0.3, -0.25) is 0 Å². The van der Waals surface area contributed by atoms with Crippen molar-refractivity contribution in [3.05, 3.63) is 89.7 Å². The van der Waals surface area contributed by atoms with Gasteiger partial charge in [-0.1, -0.05) is 49.4 Å². The van der Waals surface area contributed by atoms with E-state index in [1.54, 1.807) is 0 Å². The molecule has 0 saturated heterocycles. The Morgan fingerprint density at radius 3 is 2.53 bits per heavy atom. The number of hydrogen-bond donors (Lipinski definition) is 0. The first-order valence-electron chi connectivity index (χ1n) is 11.5. The summed E-state index contributed by atoms with van der Waals surface area (Å²) < 4.78 is 14.7. The fourth-order valence-corrected chi connectivity index (χ4v) is 4.02. The van der Waals surface area contributed by atoms with Crippen LogP contribution in [0.4, 0.5) is 0 Å². The molecule has 1 heterocycles. The Kier molecular flexibility index (Phi) is 7.10. The van der Waals surface area contributed by atoms with Gasteiger partial charge in [0.25, 0.3) is 0 Å². The van der Waals surface area contributed by atoms with Crippen molar-refractivity contribution in [2.75, 3.05) is 6.61 Å². The van der Waals surface area contributed by atoms with Gasteiger partial charge in [-0.15, -0.1) is 0 Å². The topological polar surface area (TPSA) is 36.3 Å². The van der Waals surface area contributed by atoms with Gasteiger partial charge < -0.3 is 14.0 Å². The van der Waals surface area contributed by atoms with Gasteiger partial charge >= 0.3 is 0 Å². The molecular weight excluding hydrogens is 396 g/mol. The lowest BCUT2D eigenvalue weighted by Gasteiger charge is -2.19. The predicted molar refractivity (Wildman–Crippen MR) is 130 cm³/mol. The van der Waals surface area contributed by atoms with Crippen LogP contribution in [0.3, 0.4) is 0 Å². The fourth-order valence-electron chi connectivity index (χ4n) is 4.02. The van der Waals surface area contributed by atoms with Crippen LogP contribution in [0.15, 0.2) is 72.8 Å². The second-order valence-corrected chi connectivity index (χ2v) is 8.26. The maximum atomic E-state index is 6.39. The molecule has 1 atom stereocenters. The standard InChI is InChI=1S/C28H32N2O2/c1-4-26(32-23-14-11-12-21(2)20-23)28-29-24-15-6-7-16-25(24)30(28)18-9-10-19-31-27-17-8-5-13-22(27)3/h5-8,11-17,20,26H,4,9-10,18-19H2,1-3H3. The molecule has 32 heavy (non-hydrogen) atoms. The molecule has 0 aliphatic carbocycles. The monoisotopic (exact) mass is 428 g/mol. The van der Waals surface area contributed by atoms with Crippen LogP contribution in [0.1, 0.15) is 49.2 Å². The lowest BCUT2D eigenvalue weighted by molar-refractivity contribution is 0.186. The van der Waals surface area contributed by atoms with Crippen LogP contribution in [-0.4, -0.2) is 16.2 Å². The highest BCUT2D eigenvalue weighted by molar-refractivity contribution is 5.76. The molecule has 0 aliphatic rings. The van der Waals surface area contributed by atoms with Gasteiger partial charge in [-0.2, -0.15) is 0 Å². The third kappa shape index (κ3) is 5.13. The molecule has 166 valence electrons. The smallest absolute Gasteiger partial charge is 0.156 e. The summed E-state index contributed by atoms with van der Waals surface area (Å²) in [6, 6.07) is 24.7. The second kappa shape index (κ2) is 10.4. The summed E-state index contributed by atoms with van der Waals surface area (Å²) in [5.41, 5.74) is 4.55. The van der Waals surface area contributed by atoms with Crippen molar-refractivity contribution in [1.82, 2.24) is 9.55 Å². The summed E-state index contributed by atoms with van der Waals surface area (Å²) in [6.45, 7) is 7.92. The summed E-state index contributed by atoms with van der Waals surface area (Å²) in [6.07, 6.45) is 2.76. The van der Waals surface area contributed by atoms with E-state index in [0.29, 0.717) is 6.61 Å². The van der Waals surface area contributed by atoms with Gasteiger partial charge in [0, 0.05) is 6.54 Å². The quantitative estimate of drug-likeness (QED) is 0.254. The first-order valence-corrected chi connectivity index (χ1v) is 11.5. The first-order chi connectivity index (χ1) is 15.7. The number of unbranched alkanes of at least 4 members (excludes halogenated alkanes) is 1. The summed E-state index contributed by atoms with van der Waals surface area (Å²) in [5.74, 6) is 2.86. The number of rotatable bonds is 10. The fraction of sp³-hybridized carbons (Fsp3) is 0.321. The van der Waals surface area contributed by atoms with Crippen LogP contribution in [-0.2, 0) is 6.54 Å². The molecule has 0 aliphatic heterocycles. The van der Waals surface area contributed by atoms with Crippen LogP contribution < -0.4 is 9.47 Å². The van der Waals surface area contributed by atoms with Crippen molar-refractivity contribution in [2.45, 2.75) is 52.7 Å². The molecule has 4 aromatic rings. The largest absolute Gasteiger partial charge is 0.493 e. The molecule has 0 bridgehead atoms. The normalized spacial score (nSPS) is 12.1. The van der Waals surface area contributed by atoms with Gasteiger partial charge in [0.2, 0.25) is 0 Å². The Morgan fingerprint density at radius 1 is 0.906 bits per heavy atom. The molecule has 4 nitrogen and oxygen atoms in total. The van der Waals surface area contributed by atoms with E-state index in [4.69, 9.17) is 14.5 Å². The zero-order valence-corrected chi connectivity index (χ0v) is 19.3. The number of para-hydroxylation sites is 3. The maximum Gasteiger partial charge on any atom is 0.156 e. The molecule has 1 unspecified atom stereocenters. The summed E-state index contributed by atoms with van der Waals surface area (Å²) in [7, 11) is 0. The molecule has 4 rings (SSSR count). The van der Waals surface area contributed by atoms with Gasteiger partial charge in [0.1, 0.15) is 11.5 Å². The molecule has 0 radical (unpaired) electrons. The Hall–Kier alpha value is -3.27. The van der Waals surface area contributed by atoms with Crippen molar-refractivity contribution in [3.63, 3.8) is 0 Å². The van der Waals surface area contributed by atoms with Crippen molar-refractivity contribution in [1.29, 1.82) is 0 Å². The average molecular weight is 429 g/mol. The third-order valence-corrected chi connectivity index (χ3v) is 5.74. The number of benzene rings is 3. The van der Waals surface area contributed by atoms with Crippen LogP contribution >= 0.6 is 0 Å². The van der Waals surface area contributed by atoms with Gasteiger partial charge in [-0.25, -0.2) is 4.98 Å². The van der Waals surface area contributed by atoms with E-state index in [9.17, 15) is 0 Å². The van der Waals surface area contributed by atoms with Crippen molar-refractivity contribution in [2.24, 2.45) is 0 Å². The first kappa shape index (κ1) is 21.9. The van der Waals surface area contributed by atoms with Crippen LogP contribution in [0.25, 0.3) is 11.0 Å². The third-order valence-electron chi connectivity index (χ3n) is 5.74. The SMILES string of the molecule is CCC(Oc1cccc(C)c1)c1nc2ccccc2n1CCCCOc1ccccc1C. The molecule has 1 aromatic heterocycles. The summed E-state index contributed by atoms with van der Waals surface area (Å²) in [4.78, 5) is 4.97. The molecule has 0 saturated carbocycles. The van der Waals surface area contributed by atoms with E-state index in [-0.39, 0.29) is 6.10 Å². The molecule has 3 aromatic carbocycles. The van der Waals surface area contributed by atoms with Crippen LogP contribution in [0.5, 0.6) is 11.5 Å². The lowest BCUT2D eigenvalue weighted by atomic mass is 10.2. The maximum absolute atomic E-state index is 6.39. The Balaban J connectivity index is 1.47. The van der Waals surface area contributed by atoms with Crippen LogP contribution in [0.2, 0.25) is 0 Å². The minimum atomic E-state index is -0.0904. The number of nitrogens with zero attached hydrogens (tertiary/aromatic N) is 2. The number of aryl methyl sites for hydroxylation is 3. The molecule has 0 N–H and O–H groups in total. The number of aromatic nitrogens is 2. The van der Waals surface area contributed by atoms with E-state index in [1.165, 1.54) is 11.1 Å². The van der Waals surface area contributed by atoms with E-state index >= 15 is 0 Å². The minimum Gasteiger partial charge on any atom is -0.493 e. The van der Waals surface area contributed by atoms with E-state index in [0.717, 1.165) is 54.2 Å². The lowest BCUT2D eigenvalue weighted by Crippen LogP contribution is -2.15. The molecule has 0 fully saturated rings. The molecule has 0 amide bonds. The predicted octanol–water partition coefficient (Wildman–Crippen LogP) is 7.04. The zero-order chi connectivity index (χ0) is 22.3. The van der Waals surface area contributed by atoms with E-state index < -0.39 is 0 Å². The van der Waals surface area contributed by atoms with E-state index in [2.05, 4.69) is 61.7 Å². The Labute approximate surface area is 190 Å². The highest BCUT2D eigenvalue weighted by Gasteiger charge is 2.20. The Bertz CT molecular complexity index is 1170.